The molecule has 0 fully saturated rings. The summed E-state index contributed by atoms with van der Waals surface area (Å²) in [7, 11) is 1.33. The maximum absolute atomic E-state index is 12.2. The molecule has 2 rings (SSSR count). The van der Waals surface area contributed by atoms with Gasteiger partial charge >= 0.3 is 11.9 Å². The minimum absolute atomic E-state index is 0.0379. The Morgan fingerprint density at radius 2 is 1.61 bits per heavy atom. The summed E-state index contributed by atoms with van der Waals surface area (Å²) in [4.78, 5) is 23.9. The second-order valence-electron chi connectivity index (χ2n) is 8.66. The van der Waals surface area contributed by atoms with E-state index in [-0.39, 0.29) is 25.3 Å². The lowest BCUT2D eigenvalue weighted by atomic mass is 9.90. The molecule has 0 aliphatic rings. The van der Waals surface area contributed by atoms with Crippen molar-refractivity contribution in [1.82, 2.24) is 0 Å². The molecule has 0 aromatic heterocycles. The van der Waals surface area contributed by atoms with E-state index in [9.17, 15) is 9.59 Å². The minimum Gasteiger partial charge on any atom is -0.466 e. The predicted molar refractivity (Wildman–Crippen MR) is 126 cm³/mol. The fourth-order valence-electron chi connectivity index (χ4n) is 3.12. The third-order valence-corrected chi connectivity index (χ3v) is 4.98. The molecular weight excluding hydrogens is 420 g/mol. The second-order valence-corrected chi connectivity index (χ2v) is 8.66. The highest BCUT2D eigenvalue weighted by atomic mass is 16.7. The van der Waals surface area contributed by atoms with Gasteiger partial charge in [-0.15, -0.1) is 0 Å². The van der Waals surface area contributed by atoms with Crippen molar-refractivity contribution in [2.24, 2.45) is 5.41 Å². The van der Waals surface area contributed by atoms with Crippen molar-refractivity contribution >= 4 is 11.9 Å². The first-order valence-electron chi connectivity index (χ1n) is 11.0. The number of carbonyl (C=O) groups is 2. The van der Waals surface area contributed by atoms with Crippen LogP contribution < -0.4 is 0 Å². The van der Waals surface area contributed by atoms with Crippen LogP contribution in [0, 0.1) is 5.41 Å². The maximum Gasteiger partial charge on any atom is 0.330 e. The molecule has 0 bridgehead atoms. The molecule has 178 valence electrons. The van der Waals surface area contributed by atoms with E-state index in [2.05, 4.69) is 0 Å². The number of benzene rings is 2. The molecule has 6 nitrogen and oxygen atoms in total. The van der Waals surface area contributed by atoms with Gasteiger partial charge in [0, 0.05) is 12.0 Å². The summed E-state index contributed by atoms with van der Waals surface area (Å²) in [5.74, 6) is -0.900. The molecule has 6 heteroatoms. The quantitative estimate of drug-likeness (QED) is 0.194. The van der Waals surface area contributed by atoms with Crippen molar-refractivity contribution in [3.05, 3.63) is 83.9 Å². The summed E-state index contributed by atoms with van der Waals surface area (Å²) in [5.41, 5.74) is 1.47. The molecular formula is C27H34O6. The van der Waals surface area contributed by atoms with Crippen molar-refractivity contribution in [1.29, 1.82) is 0 Å². The highest BCUT2D eigenvalue weighted by molar-refractivity contribution is 5.81. The van der Waals surface area contributed by atoms with Gasteiger partial charge in [-0.05, 0) is 44.4 Å². The van der Waals surface area contributed by atoms with Gasteiger partial charge in [-0.3, -0.25) is 4.79 Å². The Morgan fingerprint density at radius 3 is 2.21 bits per heavy atom. The van der Waals surface area contributed by atoms with Gasteiger partial charge in [-0.25, -0.2) is 4.79 Å². The number of ether oxygens (including phenoxy) is 4. The zero-order chi connectivity index (χ0) is 24.1. The minimum atomic E-state index is -0.575. The van der Waals surface area contributed by atoms with E-state index in [1.807, 2.05) is 81.4 Å². The van der Waals surface area contributed by atoms with Crippen LogP contribution in [0.5, 0.6) is 0 Å². The Kier molecular flexibility index (Phi) is 10.8. The molecule has 0 radical (unpaired) electrons. The lowest BCUT2D eigenvalue weighted by Gasteiger charge is -2.26. The number of methoxy groups -OCH3 is 1. The summed E-state index contributed by atoms with van der Waals surface area (Å²) in [6, 6.07) is 19.6. The SMILES string of the molecule is COC(=O)/C=C/[C@@H](OCOCc1ccccc1)[C@H](CCOC(=O)C(C)(C)C)c1ccccc1. The molecule has 33 heavy (non-hydrogen) atoms. The Hall–Kier alpha value is -2.96. The van der Waals surface area contributed by atoms with Crippen LogP contribution in [-0.2, 0) is 35.1 Å². The third-order valence-electron chi connectivity index (χ3n) is 4.98. The zero-order valence-corrected chi connectivity index (χ0v) is 19.9. The molecule has 0 saturated heterocycles. The van der Waals surface area contributed by atoms with Crippen LogP contribution in [-0.4, -0.2) is 38.6 Å². The number of carbonyl (C=O) groups excluding carboxylic acids is 2. The van der Waals surface area contributed by atoms with E-state index < -0.39 is 17.5 Å². The van der Waals surface area contributed by atoms with Gasteiger partial charge in [0.15, 0.2) is 0 Å². The lowest BCUT2D eigenvalue weighted by Crippen LogP contribution is -2.27. The molecule has 0 aliphatic heterocycles. The highest BCUT2D eigenvalue weighted by Gasteiger charge is 2.26. The van der Waals surface area contributed by atoms with E-state index in [0.29, 0.717) is 13.0 Å². The number of esters is 2. The molecule has 0 N–H and O–H groups in total. The van der Waals surface area contributed by atoms with E-state index in [0.717, 1.165) is 11.1 Å². The summed E-state index contributed by atoms with van der Waals surface area (Å²) >= 11 is 0. The molecule has 2 aromatic carbocycles. The van der Waals surface area contributed by atoms with Crippen LogP contribution in [0.25, 0.3) is 0 Å². The van der Waals surface area contributed by atoms with Crippen molar-refractivity contribution in [3.63, 3.8) is 0 Å². The van der Waals surface area contributed by atoms with Gasteiger partial charge in [0.05, 0.1) is 31.8 Å². The van der Waals surface area contributed by atoms with Gasteiger partial charge in [-0.2, -0.15) is 0 Å². The third kappa shape index (κ3) is 9.60. The lowest BCUT2D eigenvalue weighted by molar-refractivity contribution is -0.153. The first-order valence-corrected chi connectivity index (χ1v) is 11.0. The molecule has 2 aromatic rings. The standard InChI is InChI=1S/C27H34O6/c1-27(2,3)26(29)32-18-17-23(22-13-9-6-10-14-22)24(15-16-25(28)30-4)33-20-31-19-21-11-7-5-8-12-21/h5-16,23-24H,17-20H2,1-4H3/b16-15+/t23-,24-/m1/s1. The summed E-state index contributed by atoms with van der Waals surface area (Å²) in [6.07, 6.45) is 3.04. The fourth-order valence-corrected chi connectivity index (χ4v) is 3.12. The maximum atomic E-state index is 12.2. The smallest absolute Gasteiger partial charge is 0.330 e. The summed E-state index contributed by atoms with van der Waals surface area (Å²) in [6.45, 7) is 6.13. The Morgan fingerprint density at radius 1 is 0.970 bits per heavy atom. The number of hydrogen-bond acceptors (Lipinski definition) is 6. The molecule has 2 atom stereocenters. The van der Waals surface area contributed by atoms with E-state index in [1.54, 1.807) is 6.08 Å². The van der Waals surface area contributed by atoms with Gasteiger partial charge in [0.2, 0.25) is 0 Å². The number of hydrogen-bond donors (Lipinski definition) is 0. The topological polar surface area (TPSA) is 71.1 Å². The van der Waals surface area contributed by atoms with Crippen LogP contribution in [0.1, 0.15) is 44.2 Å². The zero-order valence-electron chi connectivity index (χ0n) is 19.9. The second kappa shape index (κ2) is 13.6. The van der Waals surface area contributed by atoms with Crippen molar-refractivity contribution in [3.8, 4) is 0 Å². The molecule has 0 spiro atoms. The Labute approximate surface area is 196 Å². The molecule has 0 aliphatic carbocycles. The largest absolute Gasteiger partial charge is 0.466 e. The average molecular weight is 455 g/mol. The van der Waals surface area contributed by atoms with E-state index in [4.69, 9.17) is 18.9 Å². The highest BCUT2D eigenvalue weighted by Crippen LogP contribution is 2.28. The summed E-state index contributed by atoms with van der Waals surface area (Å²) < 4.78 is 22.0. The predicted octanol–water partition coefficient (Wildman–Crippen LogP) is 5.04. The van der Waals surface area contributed by atoms with Crippen molar-refractivity contribution in [2.75, 3.05) is 20.5 Å². The first kappa shape index (κ1) is 26.3. The van der Waals surface area contributed by atoms with E-state index >= 15 is 0 Å². The van der Waals surface area contributed by atoms with Crippen LogP contribution in [0.3, 0.4) is 0 Å². The van der Waals surface area contributed by atoms with Crippen LogP contribution in [0.4, 0.5) is 0 Å². The molecule has 0 saturated carbocycles. The normalized spacial score (nSPS) is 13.5. The van der Waals surface area contributed by atoms with E-state index in [1.165, 1.54) is 13.2 Å². The monoisotopic (exact) mass is 454 g/mol. The van der Waals surface area contributed by atoms with Gasteiger partial charge < -0.3 is 18.9 Å². The van der Waals surface area contributed by atoms with Gasteiger partial charge in [0.1, 0.15) is 6.79 Å². The van der Waals surface area contributed by atoms with Crippen LogP contribution >= 0.6 is 0 Å². The Bertz CT molecular complexity index is 870. The first-order chi connectivity index (χ1) is 15.8. The molecule has 0 heterocycles. The van der Waals surface area contributed by atoms with Crippen LogP contribution in [0.2, 0.25) is 0 Å². The van der Waals surface area contributed by atoms with Gasteiger partial charge in [0.25, 0.3) is 0 Å². The Balaban J connectivity index is 2.11. The molecule has 0 unspecified atom stereocenters. The van der Waals surface area contributed by atoms with Crippen molar-refractivity contribution in [2.45, 2.75) is 45.8 Å². The summed E-state index contributed by atoms with van der Waals surface area (Å²) in [5, 5.41) is 0. The number of rotatable bonds is 12. The fraction of sp³-hybridized carbons (Fsp3) is 0.407. The van der Waals surface area contributed by atoms with Gasteiger partial charge in [-0.1, -0.05) is 60.7 Å². The van der Waals surface area contributed by atoms with Crippen LogP contribution in [0.15, 0.2) is 72.8 Å². The average Bonchev–Trinajstić information content (AvgIpc) is 2.82. The molecule has 0 amide bonds. The van der Waals surface area contributed by atoms with Crippen molar-refractivity contribution < 1.29 is 28.5 Å².